The molecular formula is C39H38F3N3O6. The van der Waals surface area contributed by atoms with E-state index in [2.05, 4.69) is 21.4 Å². The molecule has 0 aliphatic heterocycles. The van der Waals surface area contributed by atoms with Gasteiger partial charge in [0.05, 0.1) is 19.1 Å². The topological polar surface area (TPSA) is 128 Å². The quantitative estimate of drug-likeness (QED) is 0.119. The number of benzene rings is 4. The first-order chi connectivity index (χ1) is 24.4. The molecule has 51 heavy (non-hydrogen) atoms. The van der Waals surface area contributed by atoms with Crippen molar-refractivity contribution in [1.29, 1.82) is 0 Å². The number of aliphatic hydroxyl groups excluding tert-OH is 1. The van der Waals surface area contributed by atoms with Crippen LogP contribution in [0, 0.1) is 0 Å². The zero-order valence-electron chi connectivity index (χ0n) is 27.8. The van der Waals surface area contributed by atoms with Crippen molar-refractivity contribution in [3.05, 3.63) is 125 Å². The number of carboxylic acids is 1. The lowest BCUT2D eigenvalue weighted by molar-refractivity contribution is -0.274. The zero-order chi connectivity index (χ0) is 36.5. The van der Waals surface area contributed by atoms with E-state index >= 15 is 0 Å². The van der Waals surface area contributed by atoms with Crippen LogP contribution in [0.5, 0.6) is 5.75 Å². The van der Waals surface area contributed by atoms with Crippen molar-refractivity contribution in [1.82, 2.24) is 10.6 Å². The Morgan fingerprint density at radius 2 is 1.63 bits per heavy atom. The van der Waals surface area contributed by atoms with E-state index < -0.39 is 43.0 Å². The second-order valence-corrected chi connectivity index (χ2v) is 12.2. The Morgan fingerprint density at radius 1 is 0.902 bits per heavy atom. The van der Waals surface area contributed by atoms with Crippen molar-refractivity contribution in [3.8, 4) is 16.9 Å². The predicted octanol–water partition coefficient (Wildman–Crippen LogP) is 7.86. The molecule has 5 rings (SSSR count). The van der Waals surface area contributed by atoms with Crippen molar-refractivity contribution >= 4 is 29.2 Å². The third-order valence-electron chi connectivity index (χ3n) is 8.53. The number of rotatable bonds is 12. The Balaban J connectivity index is 1.38. The molecule has 0 bridgehead atoms. The van der Waals surface area contributed by atoms with Gasteiger partial charge in [-0.1, -0.05) is 66.7 Å². The molecule has 0 saturated carbocycles. The first-order valence-corrected chi connectivity index (χ1v) is 16.5. The second-order valence-electron chi connectivity index (χ2n) is 12.2. The van der Waals surface area contributed by atoms with Gasteiger partial charge in [-0.2, -0.15) is 0 Å². The van der Waals surface area contributed by atoms with Crippen LogP contribution in [0.1, 0.15) is 65.7 Å². The predicted molar refractivity (Wildman–Crippen MR) is 187 cm³/mol. The lowest BCUT2D eigenvalue weighted by Crippen LogP contribution is -2.41. The number of hydrogen-bond acceptors (Lipinski definition) is 5. The number of nitrogens with zero attached hydrogens (tertiary/aromatic N) is 1. The van der Waals surface area contributed by atoms with Crippen LogP contribution >= 0.6 is 0 Å². The van der Waals surface area contributed by atoms with Crippen LogP contribution in [0.4, 0.5) is 23.7 Å². The lowest BCUT2D eigenvalue weighted by Gasteiger charge is -2.27. The van der Waals surface area contributed by atoms with E-state index in [1.165, 1.54) is 23.8 Å². The molecule has 2 atom stereocenters. The molecule has 4 aromatic rings. The molecule has 0 spiro atoms. The second kappa shape index (κ2) is 16.4. The number of allylic oxidation sites excluding steroid dienone is 2. The van der Waals surface area contributed by atoms with E-state index in [1.54, 1.807) is 66.4 Å². The van der Waals surface area contributed by atoms with Gasteiger partial charge in [0.1, 0.15) is 5.75 Å². The van der Waals surface area contributed by atoms with E-state index in [0.29, 0.717) is 27.9 Å². The highest BCUT2D eigenvalue weighted by atomic mass is 19.4. The smallest absolute Gasteiger partial charge is 0.479 e. The molecule has 3 amide bonds. The number of carboxylic acid groups (broad SMARTS) is 1. The molecule has 4 aromatic carbocycles. The van der Waals surface area contributed by atoms with Crippen LogP contribution in [0.2, 0.25) is 0 Å². The van der Waals surface area contributed by atoms with Gasteiger partial charge in [-0.25, -0.2) is 9.59 Å². The number of aliphatic hydroxyl groups is 1. The summed E-state index contributed by atoms with van der Waals surface area (Å²) in [5.41, 5.74) is 5.70. The Bertz CT molecular complexity index is 1880. The van der Waals surface area contributed by atoms with Crippen LogP contribution in [0.25, 0.3) is 16.7 Å². The van der Waals surface area contributed by atoms with Crippen molar-refractivity contribution in [2.45, 2.75) is 57.7 Å². The largest absolute Gasteiger partial charge is 0.573 e. The first-order valence-electron chi connectivity index (χ1n) is 16.5. The number of nitrogens with one attached hydrogen (secondary N) is 2. The Labute approximate surface area is 293 Å². The highest BCUT2D eigenvalue weighted by Gasteiger charge is 2.31. The average Bonchev–Trinajstić information content (AvgIpc) is 3.12. The highest BCUT2D eigenvalue weighted by Crippen LogP contribution is 2.33. The monoisotopic (exact) mass is 701 g/mol. The lowest BCUT2D eigenvalue weighted by atomic mass is 9.93. The molecule has 0 aromatic heterocycles. The fourth-order valence-corrected chi connectivity index (χ4v) is 5.90. The third-order valence-corrected chi connectivity index (χ3v) is 8.53. The number of aliphatic carboxylic acids is 1. The fourth-order valence-electron chi connectivity index (χ4n) is 5.90. The number of anilines is 1. The maximum absolute atomic E-state index is 14.1. The van der Waals surface area contributed by atoms with Gasteiger partial charge >= 0.3 is 18.4 Å². The standard InChI is InChI=1S/C39H38F3N3O6/c1-25(33-12-5-6-13-34(33)30-10-7-11-32(22-30)51-39(40,41)42)44-38(50)45(31-20-18-28(19-21-31)27-8-3-2-4-9-27)24-26-14-16-29(17-15-26)36(47)43-23-35(46)37(48)49/h5-8,10-22,25,35,46H,2-4,9,23-24H2,1H3,(H,43,47)(H,44,50)(H,48,49)/t25?,35-/m1/s1. The minimum atomic E-state index is -4.84. The van der Waals surface area contributed by atoms with E-state index in [1.807, 2.05) is 24.3 Å². The van der Waals surface area contributed by atoms with Gasteiger partial charge < -0.3 is 25.6 Å². The summed E-state index contributed by atoms with van der Waals surface area (Å²) in [5.74, 6) is -2.37. The van der Waals surface area contributed by atoms with Gasteiger partial charge in [0.15, 0.2) is 6.10 Å². The van der Waals surface area contributed by atoms with E-state index in [-0.39, 0.29) is 17.9 Å². The molecule has 12 heteroatoms. The van der Waals surface area contributed by atoms with Gasteiger partial charge in [0.2, 0.25) is 0 Å². The molecule has 1 unspecified atom stereocenters. The first kappa shape index (κ1) is 36.7. The summed E-state index contributed by atoms with van der Waals surface area (Å²) in [7, 11) is 0. The Morgan fingerprint density at radius 3 is 2.29 bits per heavy atom. The number of halogens is 3. The van der Waals surface area contributed by atoms with Crippen LogP contribution in [0.3, 0.4) is 0 Å². The normalized spacial score (nSPS) is 14.1. The number of urea groups is 1. The molecule has 0 saturated heterocycles. The van der Waals surface area contributed by atoms with Crippen LogP contribution in [-0.4, -0.2) is 47.1 Å². The maximum Gasteiger partial charge on any atom is 0.573 e. The van der Waals surface area contributed by atoms with Crippen molar-refractivity contribution < 1.29 is 42.5 Å². The number of carbonyl (C=O) groups is 3. The van der Waals surface area contributed by atoms with Crippen LogP contribution < -0.4 is 20.3 Å². The van der Waals surface area contributed by atoms with Crippen LogP contribution in [-0.2, 0) is 11.3 Å². The Hall–Kier alpha value is -5.62. The molecule has 266 valence electrons. The van der Waals surface area contributed by atoms with E-state index in [9.17, 15) is 32.7 Å². The molecule has 0 heterocycles. The Kier molecular flexibility index (Phi) is 11.8. The summed E-state index contributed by atoms with van der Waals surface area (Å²) < 4.78 is 42.9. The minimum Gasteiger partial charge on any atom is -0.479 e. The van der Waals surface area contributed by atoms with Gasteiger partial charge in [0, 0.05) is 11.3 Å². The molecule has 1 aliphatic carbocycles. The number of alkyl halides is 3. The number of amides is 3. The zero-order valence-corrected chi connectivity index (χ0v) is 27.8. The van der Waals surface area contributed by atoms with Crippen LogP contribution in [0.15, 0.2) is 103 Å². The van der Waals surface area contributed by atoms with Crippen molar-refractivity contribution in [2.24, 2.45) is 0 Å². The molecular weight excluding hydrogens is 663 g/mol. The fraction of sp³-hybridized carbons (Fsp3) is 0.256. The minimum absolute atomic E-state index is 0.124. The van der Waals surface area contributed by atoms with Gasteiger partial charge in [-0.05, 0) is 102 Å². The van der Waals surface area contributed by atoms with Gasteiger partial charge in [0.25, 0.3) is 5.91 Å². The summed E-state index contributed by atoms with van der Waals surface area (Å²) in [6.45, 7) is 1.46. The number of carbonyl (C=O) groups excluding carboxylic acids is 2. The van der Waals surface area contributed by atoms with Gasteiger partial charge in [-0.3, -0.25) is 9.69 Å². The number of ether oxygens (including phenoxy) is 1. The summed E-state index contributed by atoms with van der Waals surface area (Å²) in [5, 5.41) is 23.8. The highest BCUT2D eigenvalue weighted by molar-refractivity contribution is 5.95. The summed E-state index contributed by atoms with van der Waals surface area (Å²) in [6, 6.07) is 26.0. The molecule has 9 nitrogen and oxygen atoms in total. The van der Waals surface area contributed by atoms with E-state index in [4.69, 9.17) is 5.11 Å². The number of hydrogen-bond donors (Lipinski definition) is 4. The summed E-state index contributed by atoms with van der Waals surface area (Å²) in [6.07, 6.45) is -0.0349. The summed E-state index contributed by atoms with van der Waals surface area (Å²) >= 11 is 0. The molecule has 0 radical (unpaired) electrons. The maximum atomic E-state index is 14.1. The van der Waals surface area contributed by atoms with E-state index in [0.717, 1.165) is 31.2 Å². The SMILES string of the molecule is CC(NC(=O)N(Cc1ccc(C(=O)NC[C@@H](O)C(=O)O)cc1)c1ccc(C2=CCCCC2)cc1)c1ccccc1-c1cccc(OC(F)(F)F)c1. The summed E-state index contributed by atoms with van der Waals surface area (Å²) in [4.78, 5) is 39.0. The average molecular weight is 702 g/mol. The van der Waals surface area contributed by atoms with Crippen molar-refractivity contribution in [2.75, 3.05) is 11.4 Å². The molecule has 0 fully saturated rings. The third kappa shape index (κ3) is 9.98. The van der Waals surface area contributed by atoms with Gasteiger partial charge in [-0.15, -0.1) is 13.2 Å². The molecule has 4 N–H and O–H groups in total. The molecule has 1 aliphatic rings. The van der Waals surface area contributed by atoms with Crippen molar-refractivity contribution in [3.63, 3.8) is 0 Å².